The summed E-state index contributed by atoms with van der Waals surface area (Å²) in [5.74, 6) is -1.26. The normalized spacial score (nSPS) is 21.4. The second-order valence-corrected chi connectivity index (χ2v) is 11.3. The molecule has 0 aromatic heterocycles. The Labute approximate surface area is 256 Å². The Morgan fingerprint density at radius 3 is 2.66 bits per heavy atom. The maximum atomic E-state index is 13.9. The highest BCUT2D eigenvalue weighted by Gasteiger charge is 2.45. The van der Waals surface area contributed by atoms with Crippen LogP contribution in [0.15, 0.2) is 42.5 Å². The zero-order valence-electron chi connectivity index (χ0n) is 22.9. The lowest BCUT2D eigenvalue weighted by Crippen LogP contribution is -2.53. The van der Waals surface area contributed by atoms with Gasteiger partial charge in [0.15, 0.2) is 0 Å². The summed E-state index contributed by atoms with van der Waals surface area (Å²) >= 11 is 12.1. The number of hydrogen-bond acceptors (Lipinski definition) is 6. The van der Waals surface area contributed by atoms with Gasteiger partial charge in [-0.3, -0.25) is 19.3 Å². The number of fused-ring (bicyclic) bond motifs is 1. The third kappa shape index (κ3) is 8.55. The van der Waals surface area contributed by atoms with Gasteiger partial charge in [-0.25, -0.2) is 4.39 Å². The van der Waals surface area contributed by atoms with Crippen LogP contribution in [0, 0.1) is 5.82 Å². The highest BCUT2D eigenvalue weighted by atomic mass is 35.5. The molecule has 2 saturated heterocycles. The first kappa shape index (κ1) is 33.1. The van der Waals surface area contributed by atoms with E-state index in [1.54, 1.807) is 29.2 Å². The number of carbonyl (C=O) groups excluding carboxylic acids is 3. The Kier molecular flexibility index (Phi) is 12.2. The van der Waals surface area contributed by atoms with Crippen molar-refractivity contribution < 1.29 is 23.5 Å². The summed E-state index contributed by atoms with van der Waals surface area (Å²) in [6.07, 6.45) is 2.61. The van der Waals surface area contributed by atoms with Gasteiger partial charge in [0.1, 0.15) is 11.9 Å². The van der Waals surface area contributed by atoms with Gasteiger partial charge in [-0.2, -0.15) is 0 Å². The maximum absolute atomic E-state index is 13.9. The van der Waals surface area contributed by atoms with Gasteiger partial charge in [0.25, 0.3) is 0 Å². The molecule has 0 bridgehead atoms. The molecule has 4 atom stereocenters. The van der Waals surface area contributed by atoms with Gasteiger partial charge >= 0.3 is 5.97 Å². The lowest BCUT2D eigenvalue weighted by Gasteiger charge is -2.32. The van der Waals surface area contributed by atoms with Crippen LogP contribution in [0.5, 0.6) is 0 Å². The first-order chi connectivity index (χ1) is 19.2. The number of nitrogens with zero attached hydrogens (tertiary/aromatic N) is 2. The molecule has 41 heavy (non-hydrogen) atoms. The molecule has 12 heteroatoms. The quantitative estimate of drug-likeness (QED) is 0.383. The summed E-state index contributed by atoms with van der Waals surface area (Å²) in [6.45, 7) is 1.11. The fraction of sp³-hybridized carbons (Fsp3) is 0.483. The number of methoxy groups -OCH3 is 1. The summed E-state index contributed by atoms with van der Waals surface area (Å²) in [5, 5.41) is 3.68. The number of benzene rings is 2. The molecule has 0 spiro atoms. The van der Waals surface area contributed by atoms with Crippen LogP contribution < -0.4 is 11.1 Å². The number of halogens is 4. The van der Waals surface area contributed by atoms with Crippen molar-refractivity contribution in [2.45, 2.75) is 69.2 Å². The third-order valence-corrected chi connectivity index (χ3v) is 8.49. The van der Waals surface area contributed by atoms with Crippen LogP contribution in [-0.2, 0) is 32.1 Å². The maximum Gasteiger partial charge on any atom is 0.305 e. The summed E-state index contributed by atoms with van der Waals surface area (Å²) in [6, 6.07) is 10.2. The molecule has 1 unspecified atom stereocenters. The van der Waals surface area contributed by atoms with Crippen LogP contribution in [0.3, 0.4) is 0 Å². The van der Waals surface area contributed by atoms with Crippen LogP contribution >= 0.6 is 35.6 Å². The van der Waals surface area contributed by atoms with Crippen molar-refractivity contribution in [2.75, 3.05) is 20.2 Å². The molecular weight excluding hydrogens is 594 g/mol. The number of hydrogen-bond donors (Lipinski definition) is 2. The second-order valence-electron chi connectivity index (χ2n) is 10.4. The molecular formula is C29H36Cl3FN4O4. The van der Waals surface area contributed by atoms with E-state index in [-0.39, 0.29) is 61.5 Å². The number of amides is 2. The van der Waals surface area contributed by atoms with Gasteiger partial charge in [-0.15, -0.1) is 12.4 Å². The molecule has 224 valence electrons. The van der Waals surface area contributed by atoms with E-state index in [0.29, 0.717) is 42.4 Å². The summed E-state index contributed by atoms with van der Waals surface area (Å²) in [5.41, 5.74) is 7.95. The smallest absolute Gasteiger partial charge is 0.305 e. The topological polar surface area (TPSA) is 105 Å². The number of carbonyl (C=O) groups is 3. The molecule has 2 aromatic rings. The minimum absolute atomic E-state index is 0. The van der Waals surface area contributed by atoms with E-state index in [9.17, 15) is 18.8 Å². The van der Waals surface area contributed by atoms with Crippen molar-refractivity contribution in [3.05, 3.63) is 69.5 Å². The van der Waals surface area contributed by atoms with Gasteiger partial charge in [0.05, 0.1) is 23.2 Å². The highest BCUT2D eigenvalue weighted by Crippen LogP contribution is 2.30. The SMILES string of the molecule is COC(=O)CC[C@H](C(=O)NCc1ccc(Cl)c(Cl)c1)N1CCC(CCc2cccc(F)c2)N2C[C@H](N)C[C@H]2C1=O.Cl. The number of aryl methyl sites for hydroxylation is 1. The molecule has 0 aliphatic carbocycles. The fourth-order valence-electron chi connectivity index (χ4n) is 5.68. The number of nitrogens with one attached hydrogen (secondary N) is 1. The van der Waals surface area contributed by atoms with E-state index in [4.69, 9.17) is 33.7 Å². The first-order valence-electron chi connectivity index (χ1n) is 13.5. The van der Waals surface area contributed by atoms with Crippen LogP contribution in [0.1, 0.15) is 43.2 Å². The molecule has 2 aliphatic rings. The number of ether oxygens (including phenoxy) is 1. The molecule has 2 amide bonds. The van der Waals surface area contributed by atoms with E-state index in [1.165, 1.54) is 19.2 Å². The van der Waals surface area contributed by atoms with E-state index >= 15 is 0 Å². The van der Waals surface area contributed by atoms with Crippen LogP contribution in [0.2, 0.25) is 10.0 Å². The Morgan fingerprint density at radius 2 is 1.95 bits per heavy atom. The first-order valence-corrected chi connectivity index (χ1v) is 14.3. The minimum Gasteiger partial charge on any atom is -0.469 e. The number of rotatable bonds is 10. The van der Waals surface area contributed by atoms with Crippen molar-refractivity contribution in [1.29, 1.82) is 0 Å². The van der Waals surface area contributed by atoms with Crippen LogP contribution in [0.4, 0.5) is 4.39 Å². The predicted molar refractivity (Wildman–Crippen MR) is 159 cm³/mol. The number of nitrogens with two attached hydrogens (primary N) is 1. The molecule has 2 aliphatic heterocycles. The van der Waals surface area contributed by atoms with E-state index in [2.05, 4.69) is 10.2 Å². The van der Waals surface area contributed by atoms with E-state index < -0.39 is 18.1 Å². The molecule has 4 rings (SSSR count). The van der Waals surface area contributed by atoms with Crippen LogP contribution in [-0.4, -0.2) is 72.0 Å². The van der Waals surface area contributed by atoms with Crippen molar-refractivity contribution in [1.82, 2.24) is 15.1 Å². The molecule has 2 heterocycles. The average Bonchev–Trinajstić information content (AvgIpc) is 3.28. The Balaban J connectivity index is 0.00000462. The largest absolute Gasteiger partial charge is 0.469 e. The Morgan fingerprint density at radius 1 is 1.17 bits per heavy atom. The zero-order chi connectivity index (χ0) is 28.8. The van der Waals surface area contributed by atoms with Gasteiger partial charge < -0.3 is 20.7 Å². The average molecular weight is 630 g/mol. The molecule has 2 fully saturated rings. The molecule has 8 nitrogen and oxygen atoms in total. The fourth-order valence-corrected chi connectivity index (χ4v) is 6.00. The lowest BCUT2D eigenvalue weighted by atomic mass is 10.0. The number of esters is 1. The standard InChI is InChI=1S/C29H35Cl2FN4O4.ClH/c1-40-27(37)10-9-25(28(38)34-16-19-6-8-23(30)24(31)14-19)35-12-11-22(7-5-18-3-2-4-20(32)13-18)36-17-21(33)15-26(36)29(35)39;/h2-4,6,8,13-14,21-22,25-26H,5,7,9-12,15-17,33H2,1H3,(H,34,38);1H/t21-,22?,25-,26+;/m1./s1. The van der Waals surface area contributed by atoms with Gasteiger partial charge in [-0.1, -0.05) is 41.4 Å². The van der Waals surface area contributed by atoms with Crippen molar-refractivity contribution in [2.24, 2.45) is 5.73 Å². The summed E-state index contributed by atoms with van der Waals surface area (Å²) < 4.78 is 18.5. The van der Waals surface area contributed by atoms with Gasteiger partial charge in [0.2, 0.25) is 11.8 Å². The molecule has 3 N–H and O–H groups in total. The van der Waals surface area contributed by atoms with E-state index in [0.717, 1.165) is 17.5 Å². The molecule has 0 radical (unpaired) electrons. The van der Waals surface area contributed by atoms with E-state index in [1.807, 2.05) is 6.07 Å². The van der Waals surface area contributed by atoms with Gasteiger partial charge in [-0.05, 0) is 67.5 Å². The third-order valence-electron chi connectivity index (χ3n) is 7.75. The van der Waals surface area contributed by atoms with Crippen molar-refractivity contribution >= 4 is 53.4 Å². The van der Waals surface area contributed by atoms with Gasteiger partial charge in [0, 0.05) is 38.1 Å². The lowest BCUT2D eigenvalue weighted by molar-refractivity contribution is -0.145. The van der Waals surface area contributed by atoms with Crippen molar-refractivity contribution in [3.63, 3.8) is 0 Å². The monoisotopic (exact) mass is 628 g/mol. The second kappa shape index (κ2) is 15.2. The zero-order valence-corrected chi connectivity index (χ0v) is 25.2. The minimum atomic E-state index is -0.866. The predicted octanol–water partition coefficient (Wildman–Crippen LogP) is 4.13. The Bertz CT molecular complexity index is 1240. The van der Waals surface area contributed by atoms with Crippen LogP contribution in [0.25, 0.3) is 0 Å². The van der Waals surface area contributed by atoms with Crippen molar-refractivity contribution in [3.8, 4) is 0 Å². The summed E-state index contributed by atoms with van der Waals surface area (Å²) in [4.78, 5) is 43.2. The highest BCUT2D eigenvalue weighted by molar-refractivity contribution is 6.42. The molecule has 2 aromatic carbocycles. The summed E-state index contributed by atoms with van der Waals surface area (Å²) in [7, 11) is 1.29. The Hall–Kier alpha value is -2.43. The molecule has 0 saturated carbocycles.